The second-order valence-corrected chi connectivity index (χ2v) is 4.53. The molecule has 0 aliphatic rings. The first kappa shape index (κ1) is 16.9. The van der Waals surface area contributed by atoms with Crippen molar-refractivity contribution >= 4 is 11.9 Å². The minimum absolute atomic E-state index is 0.0533. The van der Waals surface area contributed by atoms with Gasteiger partial charge >= 0.3 is 5.97 Å². The first-order chi connectivity index (χ1) is 8.38. The number of likely N-dealkylation sites (N-methyl/N-ethyl adjacent to an activating group) is 1. The molecule has 0 saturated carbocycles. The van der Waals surface area contributed by atoms with Crippen LogP contribution in [0.2, 0.25) is 0 Å². The maximum Gasteiger partial charge on any atom is 0.319 e. The van der Waals surface area contributed by atoms with E-state index in [2.05, 4.69) is 4.74 Å². The lowest BCUT2D eigenvalue weighted by molar-refractivity contribution is -0.145. The zero-order valence-electron chi connectivity index (χ0n) is 12.4. The fraction of sp³-hybridized carbons (Fsp3) is 0.846. The van der Waals surface area contributed by atoms with Crippen LogP contribution in [0.3, 0.4) is 0 Å². The lowest BCUT2D eigenvalue weighted by Crippen LogP contribution is -2.51. The highest BCUT2D eigenvalue weighted by molar-refractivity contribution is 5.82. The van der Waals surface area contributed by atoms with Gasteiger partial charge in [-0.25, -0.2) is 0 Å². The Morgan fingerprint density at radius 3 is 1.94 bits per heavy atom. The van der Waals surface area contributed by atoms with Crippen LogP contribution in [-0.2, 0) is 14.3 Å². The number of hydrogen-bond donors (Lipinski definition) is 0. The van der Waals surface area contributed by atoms with Crippen molar-refractivity contribution in [3.05, 3.63) is 0 Å². The highest BCUT2D eigenvalue weighted by Gasteiger charge is 2.28. The SMILES string of the molecule is CCN(CC)C(=O)C(C)N(CC(=O)OC)C(C)C. The molecule has 0 aromatic carbocycles. The number of esters is 1. The number of nitrogens with zero attached hydrogens (tertiary/aromatic N) is 2. The Morgan fingerprint density at radius 1 is 1.11 bits per heavy atom. The lowest BCUT2D eigenvalue weighted by Gasteiger charge is -2.33. The number of ether oxygens (including phenoxy) is 1. The predicted molar refractivity (Wildman–Crippen MR) is 71.2 cm³/mol. The Labute approximate surface area is 110 Å². The van der Waals surface area contributed by atoms with Crippen LogP contribution >= 0.6 is 0 Å². The van der Waals surface area contributed by atoms with Gasteiger partial charge in [0.2, 0.25) is 5.91 Å². The van der Waals surface area contributed by atoms with Crippen LogP contribution in [-0.4, -0.2) is 60.5 Å². The smallest absolute Gasteiger partial charge is 0.319 e. The molecule has 0 radical (unpaired) electrons. The van der Waals surface area contributed by atoms with E-state index >= 15 is 0 Å². The van der Waals surface area contributed by atoms with E-state index in [0.717, 1.165) is 0 Å². The average molecular weight is 258 g/mol. The third-order valence-corrected chi connectivity index (χ3v) is 3.13. The van der Waals surface area contributed by atoms with Gasteiger partial charge in [0, 0.05) is 19.1 Å². The second kappa shape index (κ2) is 8.08. The van der Waals surface area contributed by atoms with E-state index in [0.29, 0.717) is 13.1 Å². The van der Waals surface area contributed by atoms with Crippen LogP contribution in [0.25, 0.3) is 0 Å². The number of hydrogen-bond acceptors (Lipinski definition) is 4. The summed E-state index contributed by atoms with van der Waals surface area (Å²) < 4.78 is 4.67. The second-order valence-electron chi connectivity index (χ2n) is 4.53. The zero-order valence-corrected chi connectivity index (χ0v) is 12.4. The van der Waals surface area contributed by atoms with Crippen LogP contribution in [0.5, 0.6) is 0 Å². The molecule has 0 spiro atoms. The summed E-state index contributed by atoms with van der Waals surface area (Å²) in [6, 6.07) is -0.206. The highest BCUT2D eigenvalue weighted by atomic mass is 16.5. The average Bonchev–Trinajstić information content (AvgIpc) is 2.35. The summed E-state index contributed by atoms with van der Waals surface area (Å²) in [6.07, 6.45) is 0. The first-order valence-corrected chi connectivity index (χ1v) is 6.50. The van der Waals surface area contributed by atoms with Gasteiger partial charge in [-0.2, -0.15) is 0 Å². The van der Waals surface area contributed by atoms with Crippen LogP contribution in [0, 0.1) is 0 Å². The maximum absolute atomic E-state index is 12.3. The van der Waals surface area contributed by atoms with Gasteiger partial charge in [0.25, 0.3) is 0 Å². The van der Waals surface area contributed by atoms with Crippen molar-refractivity contribution in [1.82, 2.24) is 9.80 Å². The van der Waals surface area contributed by atoms with E-state index in [-0.39, 0.29) is 30.5 Å². The third-order valence-electron chi connectivity index (χ3n) is 3.13. The molecule has 0 rings (SSSR count). The molecule has 1 amide bonds. The van der Waals surface area contributed by atoms with Crippen LogP contribution in [0.15, 0.2) is 0 Å². The number of carbonyl (C=O) groups is 2. The molecule has 0 heterocycles. The van der Waals surface area contributed by atoms with Gasteiger partial charge in [0.1, 0.15) is 0 Å². The molecule has 18 heavy (non-hydrogen) atoms. The molecule has 0 aliphatic carbocycles. The van der Waals surface area contributed by atoms with Crippen molar-refractivity contribution < 1.29 is 14.3 Å². The topological polar surface area (TPSA) is 49.9 Å². The van der Waals surface area contributed by atoms with Crippen LogP contribution < -0.4 is 0 Å². The lowest BCUT2D eigenvalue weighted by atomic mass is 10.2. The van der Waals surface area contributed by atoms with E-state index in [4.69, 9.17) is 0 Å². The molecular formula is C13H26N2O3. The minimum atomic E-state index is -0.317. The minimum Gasteiger partial charge on any atom is -0.468 e. The van der Waals surface area contributed by atoms with Crippen molar-refractivity contribution in [3.8, 4) is 0 Å². The van der Waals surface area contributed by atoms with Gasteiger partial charge in [-0.3, -0.25) is 14.5 Å². The Balaban J connectivity index is 4.79. The van der Waals surface area contributed by atoms with E-state index in [1.54, 1.807) is 4.90 Å². The molecule has 1 atom stereocenters. The largest absolute Gasteiger partial charge is 0.468 e. The number of carbonyl (C=O) groups excluding carboxylic acids is 2. The van der Waals surface area contributed by atoms with Crippen molar-refractivity contribution in [2.45, 2.75) is 46.7 Å². The molecule has 1 unspecified atom stereocenters. The summed E-state index contributed by atoms with van der Waals surface area (Å²) in [4.78, 5) is 27.3. The molecule has 0 N–H and O–H groups in total. The van der Waals surface area contributed by atoms with Crippen molar-refractivity contribution in [2.75, 3.05) is 26.7 Å². The summed E-state index contributed by atoms with van der Waals surface area (Å²) in [5.74, 6) is -0.263. The zero-order chi connectivity index (χ0) is 14.3. The number of rotatable bonds is 7. The summed E-state index contributed by atoms with van der Waals surface area (Å²) in [5, 5.41) is 0. The van der Waals surface area contributed by atoms with E-state index in [1.165, 1.54) is 7.11 Å². The van der Waals surface area contributed by atoms with Crippen molar-refractivity contribution in [1.29, 1.82) is 0 Å². The fourth-order valence-electron chi connectivity index (χ4n) is 1.92. The Kier molecular flexibility index (Phi) is 7.59. The van der Waals surface area contributed by atoms with E-state index in [9.17, 15) is 9.59 Å². The van der Waals surface area contributed by atoms with Gasteiger partial charge in [-0.05, 0) is 34.6 Å². The molecule has 106 valence electrons. The van der Waals surface area contributed by atoms with Crippen molar-refractivity contribution in [3.63, 3.8) is 0 Å². The normalized spacial score (nSPS) is 12.7. The summed E-state index contributed by atoms with van der Waals surface area (Å²) >= 11 is 0. The third kappa shape index (κ3) is 4.64. The van der Waals surface area contributed by atoms with Crippen LogP contribution in [0.4, 0.5) is 0 Å². The predicted octanol–water partition coefficient (Wildman–Crippen LogP) is 1.13. The highest BCUT2D eigenvalue weighted by Crippen LogP contribution is 2.09. The van der Waals surface area contributed by atoms with E-state index < -0.39 is 0 Å². The van der Waals surface area contributed by atoms with Gasteiger partial charge in [0.05, 0.1) is 19.7 Å². The molecule has 0 bridgehead atoms. The number of methoxy groups -OCH3 is 1. The molecular weight excluding hydrogens is 232 g/mol. The molecule has 0 aromatic rings. The monoisotopic (exact) mass is 258 g/mol. The van der Waals surface area contributed by atoms with Gasteiger partial charge in [-0.15, -0.1) is 0 Å². The molecule has 0 fully saturated rings. The standard InChI is InChI=1S/C13H26N2O3/c1-7-14(8-2)13(17)11(5)15(10(3)4)9-12(16)18-6/h10-11H,7-9H2,1-6H3. The molecule has 0 aliphatic heterocycles. The first-order valence-electron chi connectivity index (χ1n) is 6.50. The summed E-state index contributed by atoms with van der Waals surface area (Å²) in [6.45, 7) is 11.2. The van der Waals surface area contributed by atoms with Crippen molar-refractivity contribution in [2.24, 2.45) is 0 Å². The Morgan fingerprint density at radius 2 is 1.61 bits per heavy atom. The van der Waals surface area contributed by atoms with Crippen LogP contribution in [0.1, 0.15) is 34.6 Å². The fourth-order valence-corrected chi connectivity index (χ4v) is 1.92. The Bertz CT molecular complexity index is 275. The van der Waals surface area contributed by atoms with E-state index in [1.807, 2.05) is 39.5 Å². The molecule has 0 aromatic heterocycles. The molecule has 5 nitrogen and oxygen atoms in total. The maximum atomic E-state index is 12.3. The van der Waals surface area contributed by atoms with Gasteiger partial charge in [-0.1, -0.05) is 0 Å². The summed E-state index contributed by atoms with van der Waals surface area (Å²) in [7, 11) is 1.36. The molecule has 5 heteroatoms. The Hall–Kier alpha value is -1.10. The summed E-state index contributed by atoms with van der Waals surface area (Å²) in [5.41, 5.74) is 0. The van der Waals surface area contributed by atoms with Gasteiger partial charge in [0.15, 0.2) is 0 Å². The number of amides is 1. The van der Waals surface area contributed by atoms with Gasteiger partial charge < -0.3 is 9.64 Å². The quantitative estimate of drug-likeness (QED) is 0.642. The molecule has 0 saturated heterocycles.